The third kappa shape index (κ3) is 3.09. The zero-order valence-electron chi connectivity index (χ0n) is 8.62. The quantitative estimate of drug-likeness (QED) is 0.786. The lowest BCUT2D eigenvalue weighted by Gasteiger charge is -2.31. The predicted molar refractivity (Wildman–Crippen MR) is 53.2 cm³/mol. The predicted octanol–water partition coefficient (Wildman–Crippen LogP) is 0.613. The van der Waals surface area contributed by atoms with Gasteiger partial charge in [0.1, 0.15) is 0 Å². The van der Waals surface area contributed by atoms with E-state index in [1.165, 1.54) is 0 Å². The third-order valence-corrected chi connectivity index (χ3v) is 3.96. The second-order valence-corrected chi connectivity index (χ2v) is 5.46. The van der Waals surface area contributed by atoms with Crippen LogP contribution in [0.25, 0.3) is 0 Å². The molecule has 0 aliphatic carbocycles. The van der Waals surface area contributed by atoms with E-state index in [2.05, 4.69) is 5.32 Å². The summed E-state index contributed by atoms with van der Waals surface area (Å²) in [7, 11) is -4.39. The third-order valence-electron chi connectivity index (χ3n) is 2.46. The molecular weight excluding hydrogens is 226 g/mol. The standard InChI is InChI=1S/C8H16F2N2O2S/c1-2-11-7-4-3-5-12(6-7)15(13,14)8(9)10/h7-8,11H,2-6H2,1H3. The van der Waals surface area contributed by atoms with Crippen LogP contribution in [0.15, 0.2) is 0 Å². The number of sulfonamides is 1. The minimum Gasteiger partial charge on any atom is -0.313 e. The highest BCUT2D eigenvalue weighted by Crippen LogP contribution is 2.18. The van der Waals surface area contributed by atoms with Gasteiger partial charge in [-0.3, -0.25) is 0 Å². The number of nitrogens with one attached hydrogen (secondary N) is 1. The molecule has 1 rings (SSSR count). The van der Waals surface area contributed by atoms with Crippen LogP contribution in [0.2, 0.25) is 0 Å². The normalized spacial score (nSPS) is 24.7. The van der Waals surface area contributed by atoms with Crippen molar-refractivity contribution in [2.24, 2.45) is 0 Å². The lowest BCUT2D eigenvalue weighted by atomic mass is 10.1. The van der Waals surface area contributed by atoms with Gasteiger partial charge in [0.2, 0.25) is 0 Å². The van der Waals surface area contributed by atoms with Crippen LogP contribution in [-0.4, -0.2) is 44.2 Å². The molecule has 1 aliphatic heterocycles. The maximum Gasteiger partial charge on any atom is 0.350 e. The zero-order valence-corrected chi connectivity index (χ0v) is 9.43. The van der Waals surface area contributed by atoms with E-state index in [1.54, 1.807) is 0 Å². The Morgan fingerprint density at radius 2 is 2.20 bits per heavy atom. The molecular formula is C8H16F2N2O2S. The second kappa shape index (κ2) is 5.18. The van der Waals surface area contributed by atoms with Crippen molar-refractivity contribution in [1.29, 1.82) is 0 Å². The first-order chi connectivity index (χ1) is 6.98. The Kier molecular flexibility index (Phi) is 4.42. The van der Waals surface area contributed by atoms with Crippen LogP contribution in [-0.2, 0) is 10.0 Å². The van der Waals surface area contributed by atoms with E-state index in [1.807, 2.05) is 6.92 Å². The monoisotopic (exact) mass is 242 g/mol. The van der Waals surface area contributed by atoms with Gasteiger partial charge in [-0.1, -0.05) is 6.92 Å². The molecule has 0 aromatic rings. The minimum absolute atomic E-state index is 0.00252. The lowest BCUT2D eigenvalue weighted by Crippen LogP contribution is -2.49. The van der Waals surface area contributed by atoms with Crippen molar-refractivity contribution in [1.82, 2.24) is 9.62 Å². The largest absolute Gasteiger partial charge is 0.350 e. The van der Waals surface area contributed by atoms with Gasteiger partial charge in [0.05, 0.1) is 0 Å². The van der Waals surface area contributed by atoms with E-state index in [4.69, 9.17) is 0 Å². The first-order valence-corrected chi connectivity index (χ1v) is 6.49. The first kappa shape index (κ1) is 12.8. The van der Waals surface area contributed by atoms with Crippen molar-refractivity contribution < 1.29 is 17.2 Å². The molecule has 15 heavy (non-hydrogen) atoms. The van der Waals surface area contributed by atoms with Crippen LogP contribution in [0.5, 0.6) is 0 Å². The fourth-order valence-corrected chi connectivity index (χ4v) is 2.74. The fraction of sp³-hybridized carbons (Fsp3) is 1.00. The van der Waals surface area contributed by atoms with Crippen molar-refractivity contribution in [3.63, 3.8) is 0 Å². The van der Waals surface area contributed by atoms with E-state index in [0.29, 0.717) is 13.0 Å². The maximum atomic E-state index is 12.3. The summed E-state index contributed by atoms with van der Waals surface area (Å²) >= 11 is 0. The number of piperidine rings is 1. The Balaban J connectivity index is 2.64. The number of likely N-dealkylation sites (N-methyl/N-ethyl adjacent to an activating group) is 1. The van der Waals surface area contributed by atoms with E-state index in [9.17, 15) is 17.2 Å². The van der Waals surface area contributed by atoms with Crippen LogP contribution < -0.4 is 5.32 Å². The second-order valence-electron chi connectivity index (χ2n) is 3.56. The molecule has 1 atom stereocenters. The molecule has 1 aliphatic rings. The number of hydrogen-bond donors (Lipinski definition) is 1. The summed E-state index contributed by atoms with van der Waals surface area (Å²) < 4.78 is 47.8. The number of halogens is 2. The van der Waals surface area contributed by atoms with E-state index >= 15 is 0 Å². The van der Waals surface area contributed by atoms with Gasteiger partial charge < -0.3 is 5.32 Å². The zero-order chi connectivity index (χ0) is 11.5. The summed E-state index contributed by atoms with van der Waals surface area (Å²) in [6.07, 6.45) is 1.46. The molecule has 0 saturated carbocycles. The molecule has 1 N–H and O–H groups in total. The van der Waals surface area contributed by atoms with Gasteiger partial charge in [-0.2, -0.15) is 13.1 Å². The van der Waals surface area contributed by atoms with Crippen LogP contribution in [0.1, 0.15) is 19.8 Å². The first-order valence-electron chi connectivity index (χ1n) is 4.99. The van der Waals surface area contributed by atoms with Gasteiger partial charge in [-0.05, 0) is 19.4 Å². The number of rotatable bonds is 4. The van der Waals surface area contributed by atoms with E-state index < -0.39 is 15.8 Å². The summed E-state index contributed by atoms with van der Waals surface area (Å²) in [5, 5.41) is 3.07. The summed E-state index contributed by atoms with van der Waals surface area (Å²) in [5.74, 6) is -3.31. The van der Waals surface area contributed by atoms with Crippen molar-refractivity contribution in [2.75, 3.05) is 19.6 Å². The molecule has 1 heterocycles. The maximum absolute atomic E-state index is 12.3. The molecule has 1 unspecified atom stereocenters. The topological polar surface area (TPSA) is 49.4 Å². The highest BCUT2D eigenvalue weighted by Gasteiger charge is 2.35. The molecule has 0 aromatic heterocycles. The van der Waals surface area contributed by atoms with Gasteiger partial charge in [0.15, 0.2) is 0 Å². The van der Waals surface area contributed by atoms with Crippen molar-refractivity contribution in [3.05, 3.63) is 0 Å². The average Bonchev–Trinajstić information content (AvgIpc) is 2.18. The van der Waals surface area contributed by atoms with Gasteiger partial charge in [0, 0.05) is 19.1 Å². The molecule has 90 valence electrons. The Bertz CT molecular complexity index is 293. The van der Waals surface area contributed by atoms with E-state index in [0.717, 1.165) is 10.7 Å². The molecule has 0 radical (unpaired) electrons. The SMILES string of the molecule is CCNC1CCCN(S(=O)(=O)C(F)F)C1. The van der Waals surface area contributed by atoms with Crippen LogP contribution in [0, 0.1) is 0 Å². The molecule has 7 heteroatoms. The lowest BCUT2D eigenvalue weighted by molar-refractivity contribution is 0.206. The van der Waals surface area contributed by atoms with Crippen molar-refractivity contribution >= 4 is 10.0 Å². The van der Waals surface area contributed by atoms with Gasteiger partial charge in [0.25, 0.3) is 10.0 Å². The Hall–Kier alpha value is -0.270. The summed E-state index contributed by atoms with van der Waals surface area (Å²) in [6.45, 7) is 2.98. The van der Waals surface area contributed by atoms with Gasteiger partial charge >= 0.3 is 5.76 Å². The minimum atomic E-state index is -4.39. The van der Waals surface area contributed by atoms with Gasteiger partial charge in [-0.15, -0.1) is 0 Å². The number of alkyl halides is 2. The molecule has 1 saturated heterocycles. The van der Waals surface area contributed by atoms with Gasteiger partial charge in [-0.25, -0.2) is 8.42 Å². The van der Waals surface area contributed by atoms with E-state index in [-0.39, 0.29) is 19.1 Å². The Morgan fingerprint density at radius 1 is 1.53 bits per heavy atom. The van der Waals surface area contributed by atoms with Crippen LogP contribution >= 0.6 is 0 Å². The molecule has 4 nitrogen and oxygen atoms in total. The molecule has 1 fully saturated rings. The van der Waals surface area contributed by atoms with Crippen molar-refractivity contribution in [2.45, 2.75) is 31.6 Å². The number of hydrogen-bond acceptors (Lipinski definition) is 3. The molecule has 0 bridgehead atoms. The summed E-state index contributed by atoms with van der Waals surface area (Å²) in [6, 6.07) is -0.00252. The summed E-state index contributed by atoms with van der Waals surface area (Å²) in [4.78, 5) is 0. The smallest absolute Gasteiger partial charge is 0.313 e. The van der Waals surface area contributed by atoms with Crippen LogP contribution in [0.4, 0.5) is 8.78 Å². The summed E-state index contributed by atoms with van der Waals surface area (Å²) in [5.41, 5.74) is 0. The highest BCUT2D eigenvalue weighted by atomic mass is 32.2. The Morgan fingerprint density at radius 3 is 2.73 bits per heavy atom. The molecule has 0 aromatic carbocycles. The van der Waals surface area contributed by atoms with Crippen molar-refractivity contribution in [3.8, 4) is 0 Å². The highest BCUT2D eigenvalue weighted by molar-refractivity contribution is 7.89. The fourth-order valence-electron chi connectivity index (χ4n) is 1.74. The molecule has 0 spiro atoms. The average molecular weight is 242 g/mol. The molecule has 0 amide bonds. The Labute approximate surface area is 88.7 Å². The van der Waals surface area contributed by atoms with Crippen LogP contribution in [0.3, 0.4) is 0 Å². The number of nitrogens with zero attached hydrogens (tertiary/aromatic N) is 1.